The van der Waals surface area contributed by atoms with Crippen LogP contribution in [0.4, 0.5) is 0 Å². The molecule has 1 amide bonds. The van der Waals surface area contributed by atoms with Crippen LogP contribution in [0.15, 0.2) is 48.5 Å². The normalized spacial score (nSPS) is 17.1. The smallest absolute Gasteiger partial charge is 0.254 e. The van der Waals surface area contributed by atoms with Crippen LogP contribution in [0.5, 0.6) is 5.75 Å². The molecule has 3 rings (SSSR count). The molecular formula is C19H23ClN2O2. The molecule has 1 fully saturated rings. The van der Waals surface area contributed by atoms with Gasteiger partial charge in [-0.3, -0.25) is 4.79 Å². The monoisotopic (exact) mass is 346 g/mol. The Morgan fingerprint density at radius 3 is 2.58 bits per heavy atom. The van der Waals surface area contributed by atoms with Crippen LogP contribution in [0, 0.1) is 6.92 Å². The minimum Gasteiger partial charge on any atom is -0.496 e. The van der Waals surface area contributed by atoms with E-state index < -0.39 is 0 Å². The third-order valence-electron chi connectivity index (χ3n) is 4.30. The number of nitrogens with one attached hydrogen (secondary N) is 1. The number of carbonyl (C=O) groups is 1. The van der Waals surface area contributed by atoms with Crippen LogP contribution in [-0.4, -0.2) is 37.6 Å². The number of hydrogen-bond donors (Lipinski definition) is 1. The number of piperazine rings is 1. The lowest BCUT2D eigenvalue weighted by Crippen LogP contribution is -2.48. The molecule has 1 unspecified atom stereocenters. The second kappa shape index (κ2) is 8.18. The molecule has 1 atom stereocenters. The van der Waals surface area contributed by atoms with Crippen molar-refractivity contribution in [3.63, 3.8) is 0 Å². The zero-order valence-electron chi connectivity index (χ0n) is 14.0. The largest absolute Gasteiger partial charge is 0.496 e. The maximum atomic E-state index is 13.0. The van der Waals surface area contributed by atoms with Gasteiger partial charge in [0.1, 0.15) is 5.75 Å². The van der Waals surface area contributed by atoms with E-state index in [9.17, 15) is 4.79 Å². The predicted octanol–water partition coefficient (Wildman–Crippen LogP) is 3.21. The van der Waals surface area contributed by atoms with Gasteiger partial charge in [0.15, 0.2) is 0 Å². The number of methoxy groups -OCH3 is 1. The molecule has 4 nitrogen and oxygen atoms in total. The van der Waals surface area contributed by atoms with Gasteiger partial charge in [-0.25, -0.2) is 0 Å². The molecule has 1 N–H and O–H groups in total. The number of benzene rings is 2. The van der Waals surface area contributed by atoms with Gasteiger partial charge in [0.2, 0.25) is 0 Å². The highest BCUT2D eigenvalue weighted by Crippen LogP contribution is 2.31. The number of ether oxygens (including phenoxy) is 1. The summed E-state index contributed by atoms with van der Waals surface area (Å²) in [4.78, 5) is 14.9. The molecule has 0 aromatic heterocycles. The highest BCUT2D eigenvalue weighted by atomic mass is 35.5. The number of halogens is 1. The number of hydrogen-bond acceptors (Lipinski definition) is 3. The molecule has 1 aliphatic rings. The first-order valence-electron chi connectivity index (χ1n) is 7.92. The first-order valence-corrected chi connectivity index (χ1v) is 7.92. The standard InChI is InChI=1S/C19H22N2O2.ClH/c1-14-7-9-15(10-8-14)19(22)21-12-11-20-13-17(21)16-5-3-4-6-18(16)23-2;/h3-10,17,20H,11-13H2,1-2H3;1H. The molecule has 0 spiro atoms. The maximum Gasteiger partial charge on any atom is 0.254 e. The van der Waals surface area contributed by atoms with Gasteiger partial charge in [0.25, 0.3) is 5.91 Å². The van der Waals surface area contributed by atoms with Crippen LogP contribution in [0.3, 0.4) is 0 Å². The van der Waals surface area contributed by atoms with E-state index in [1.807, 2.05) is 60.4 Å². The lowest BCUT2D eigenvalue weighted by atomic mass is 10.0. The van der Waals surface area contributed by atoms with Gasteiger partial charge in [-0.15, -0.1) is 12.4 Å². The summed E-state index contributed by atoms with van der Waals surface area (Å²) in [6.45, 7) is 4.26. The van der Waals surface area contributed by atoms with Crippen LogP contribution in [-0.2, 0) is 0 Å². The second-order valence-electron chi connectivity index (χ2n) is 5.83. The van der Waals surface area contributed by atoms with E-state index in [-0.39, 0.29) is 24.4 Å². The van der Waals surface area contributed by atoms with Crippen molar-refractivity contribution in [2.24, 2.45) is 0 Å². The fraction of sp³-hybridized carbons (Fsp3) is 0.316. The van der Waals surface area contributed by atoms with Crippen molar-refractivity contribution >= 4 is 18.3 Å². The highest BCUT2D eigenvalue weighted by Gasteiger charge is 2.30. The molecule has 0 bridgehead atoms. The minimum absolute atomic E-state index is 0. The molecule has 128 valence electrons. The summed E-state index contributed by atoms with van der Waals surface area (Å²) in [5, 5.41) is 3.38. The summed E-state index contributed by atoms with van der Waals surface area (Å²) >= 11 is 0. The van der Waals surface area contributed by atoms with Gasteiger partial charge in [-0.05, 0) is 25.1 Å². The molecule has 2 aromatic carbocycles. The quantitative estimate of drug-likeness (QED) is 0.927. The van der Waals surface area contributed by atoms with Crippen molar-refractivity contribution in [1.82, 2.24) is 10.2 Å². The fourth-order valence-corrected chi connectivity index (χ4v) is 3.03. The van der Waals surface area contributed by atoms with E-state index in [2.05, 4.69) is 5.32 Å². The topological polar surface area (TPSA) is 41.6 Å². The van der Waals surface area contributed by atoms with Crippen molar-refractivity contribution in [2.75, 3.05) is 26.7 Å². The number of para-hydroxylation sites is 1. The number of amides is 1. The SMILES string of the molecule is COc1ccccc1C1CNCCN1C(=O)c1ccc(C)cc1.Cl. The molecule has 0 saturated carbocycles. The summed E-state index contributed by atoms with van der Waals surface area (Å²) in [6.07, 6.45) is 0. The van der Waals surface area contributed by atoms with Gasteiger partial charge >= 0.3 is 0 Å². The lowest BCUT2D eigenvalue weighted by molar-refractivity contribution is 0.0631. The Labute approximate surface area is 149 Å². The van der Waals surface area contributed by atoms with E-state index >= 15 is 0 Å². The molecule has 24 heavy (non-hydrogen) atoms. The highest BCUT2D eigenvalue weighted by molar-refractivity contribution is 5.94. The Morgan fingerprint density at radius 1 is 1.17 bits per heavy atom. The molecule has 1 saturated heterocycles. The summed E-state index contributed by atoms with van der Waals surface area (Å²) in [5.41, 5.74) is 2.93. The number of carbonyl (C=O) groups excluding carboxylic acids is 1. The van der Waals surface area contributed by atoms with Crippen molar-refractivity contribution in [3.8, 4) is 5.75 Å². The number of aryl methyl sites for hydroxylation is 1. The van der Waals surface area contributed by atoms with E-state index in [1.54, 1.807) is 7.11 Å². The number of nitrogens with zero attached hydrogens (tertiary/aromatic N) is 1. The Balaban J connectivity index is 0.00000208. The summed E-state index contributed by atoms with van der Waals surface area (Å²) in [5.74, 6) is 0.894. The van der Waals surface area contributed by atoms with E-state index in [0.29, 0.717) is 6.54 Å². The fourth-order valence-electron chi connectivity index (χ4n) is 3.03. The molecule has 0 aliphatic carbocycles. The summed E-state index contributed by atoms with van der Waals surface area (Å²) < 4.78 is 5.48. The van der Waals surface area contributed by atoms with Gasteiger partial charge < -0.3 is 15.0 Å². The van der Waals surface area contributed by atoms with Crippen LogP contribution < -0.4 is 10.1 Å². The Bertz CT molecular complexity index is 688. The van der Waals surface area contributed by atoms with Crippen LogP contribution in [0.2, 0.25) is 0 Å². The summed E-state index contributed by atoms with van der Waals surface area (Å²) in [6, 6.07) is 15.7. The van der Waals surface area contributed by atoms with Crippen molar-refractivity contribution < 1.29 is 9.53 Å². The zero-order chi connectivity index (χ0) is 16.2. The van der Waals surface area contributed by atoms with Crippen LogP contribution >= 0.6 is 12.4 Å². The first kappa shape index (κ1) is 18.3. The van der Waals surface area contributed by atoms with Crippen molar-refractivity contribution in [3.05, 3.63) is 65.2 Å². The van der Waals surface area contributed by atoms with Gasteiger partial charge in [-0.1, -0.05) is 35.9 Å². The van der Waals surface area contributed by atoms with Crippen molar-refractivity contribution in [1.29, 1.82) is 0 Å². The lowest BCUT2D eigenvalue weighted by Gasteiger charge is -2.37. The average molecular weight is 347 g/mol. The van der Waals surface area contributed by atoms with Crippen LogP contribution in [0.25, 0.3) is 0 Å². The third kappa shape index (κ3) is 3.71. The van der Waals surface area contributed by atoms with Gasteiger partial charge in [0.05, 0.1) is 13.2 Å². The Hall–Kier alpha value is -2.04. The Morgan fingerprint density at radius 2 is 1.88 bits per heavy atom. The first-order chi connectivity index (χ1) is 11.2. The third-order valence-corrected chi connectivity index (χ3v) is 4.30. The molecular weight excluding hydrogens is 324 g/mol. The molecule has 0 radical (unpaired) electrons. The van der Waals surface area contributed by atoms with E-state index in [0.717, 1.165) is 35.5 Å². The van der Waals surface area contributed by atoms with Gasteiger partial charge in [-0.2, -0.15) is 0 Å². The molecule has 2 aromatic rings. The van der Waals surface area contributed by atoms with E-state index in [1.165, 1.54) is 0 Å². The Kier molecular flexibility index (Phi) is 6.23. The minimum atomic E-state index is -0.0197. The maximum absolute atomic E-state index is 13.0. The molecule has 5 heteroatoms. The second-order valence-corrected chi connectivity index (χ2v) is 5.83. The summed E-state index contributed by atoms with van der Waals surface area (Å²) in [7, 11) is 1.67. The molecule has 1 aliphatic heterocycles. The average Bonchev–Trinajstić information content (AvgIpc) is 2.62. The predicted molar refractivity (Wildman–Crippen MR) is 98.1 cm³/mol. The molecule has 1 heterocycles. The zero-order valence-corrected chi connectivity index (χ0v) is 14.8. The van der Waals surface area contributed by atoms with Crippen LogP contribution in [0.1, 0.15) is 27.5 Å². The van der Waals surface area contributed by atoms with E-state index in [4.69, 9.17) is 4.74 Å². The number of rotatable bonds is 3. The van der Waals surface area contributed by atoms with Crippen molar-refractivity contribution in [2.45, 2.75) is 13.0 Å². The van der Waals surface area contributed by atoms with Gasteiger partial charge in [0, 0.05) is 30.8 Å².